The zero-order valence-electron chi connectivity index (χ0n) is 15.5. The molecule has 2 rings (SSSR count). The van der Waals surface area contributed by atoms with Gasteiger partial charge in [0.25, 0.3) is 0 Å². The molecule has 0 aliphatic heterocycles. The largest absolute Gasteiger partial charge is 0.387 e. The van der Waals surface area contributed by atoms with Gasteiger partial charge in [-0.05, 0) is 41.8 Å². The standard InChI is InChI=1S/C20H25Cl2N3O2/c1-3-23-20(24-11-14-4-6-15(7-5-14)13-27-2)25-12-19(26)16-8-17(21)10-18(22)9-16/h4-10,19,26H,3,11-13H2,1-2H3,(H2,23,24,25). The summed E-state index contributed by atoms with van der Waals surface area (Å²) in [6.45, 7) is 4.12. The number of benzene rings is 2. The van der Waals surface area contributed by atoms with Crippen LogP contribution in [0.4, 0.5) is 0 Å². The second-order valence-electron chi connectivity index (χ2n) is 6.04. The fourth-order valence-electron chi connectivity index (χ4n) is 2.50. The summed E-state index contributed by atoms with van der Waals surface area (Å²) in [6, 6.07) is 13.2. The maximum absolute atomic E-state index is 10.4. The second-order valence-corrected chi connectivity index (χ2v) is 6.92. The van der Waals surface area contributed by atoms with Crippen molar-refractivity contribution in [1.82, 2.24) is 10.6 Å². The number of rotatable bonds is 8. The zero-order chi connectivity index (χ0) is 19.6. The normalized spacial score (nSPS) is 12.7. The van der Waals surface area contributed by atoms with Crippen LogP contribution >= 0.6 is 23.2 Å². The predicted molar refractivity (Wildman–Crippen MR) is 111 cm³/mol. The van der Waals surface area contributed by atoms with Gasteiger partial charge in [0, 0.05) is 30.2 Å². The van der Waals surface area contributed by atoms with E-state index in [1.165, 1.54) is 0 Å². The van der Waals surface area contributed by atoms with Crippen LogP contribution in [-0.2, 0) is 17.9 Å². The third kappa shape index (κ3) is 7.39. The van der Waals surface area contributed by atoms with Crippen molar-refractivity contribution in [3.8, 4) is 0 Å². The smallest absolute Gasteiger partial charge is 0.191 e. The van der Waals surface area contributed by atoms with Crippen LogP contribution in [0.15, 0.2) is 47.5 Å². The lowest BCUT2D eigenvalue weighted by Crippen LogP contribution is -2.39. The molecule has 146 valence electrons. The molecule has 0 heterocycles. The summed E-state index contributed by atoms with van der Waals surface area (Å²) in [4.78, 5) is 4.56. The van der Waals surface area contributed by atoms with Crippen LogP contribution in [-0.4, -0.2) is 31.3 Å². The van der Waals surface area contributed by atoms with E-state index in [1.54, 1.807) is 25.3 Å². The number of methoxy groups -OCH3 is 1. The van der Waals surface area contributed by atoms with Crippen molar-refractivity contribution in [1.29, 1.82) is 0 Å². The molecule has 2 aromatic rings. The summed E-state index contributed by atoms with van der Waals surface area (Å²) in [5.41, 5.74) is 2.87. The van der Waals surface area contributed by atoms with E-state index in [-0.39, 0.29) is 6.54 Å². The molecule has 0 saturated heterocycles. The Hall–Kier alpha value is -1.79. The van der Waals surface area contributed by atoms with Gasteiger partial charge in [0.05, 0.1) is 19.3 Å². The fraction of sp³-hybridized carbons (Fsp3) is 0.350. The number of aliphatic hydroxyl groups is 1. The van der Waals surface area contributed by atoms with Crippen LogP contribution in [0.25, 0.3) is 0 Å². The number of nitrogens with one attached hydrogen (secondary N) is 2. The van der Waals surface area contributed by atoms with Gasteiger partial charge in [0.1, 0.15) is 0 Å². The van der Waals surface area contributed by atoms with Crippen molar-refractivity contribution in [2.45, 2.75) is 26.2 Å². The number of aliphatic imine (C=N–C) groups is 1. The summed E-state index contributed by atoms with van der Waals surface area (Å²) in [7, 11) is 1.68. The number of ether oxygens (including phenoxy) is 1. The van der Waals surface area contributed by atoms with Gasteiger partial charge in [0.15, 0.2) is 5.96 Å². The van der Waals surface area contributed by atoms with E-state index in [2.05, 4.69) is 15.6 Å². The summed E-state index contributed by atoms with van der Waals surface area (Å²) in [5.74, 6) is 0.630. The summed E-state index contributed by atoms with van der Waals surface area (Å²) in [5, 5.41) is 17.7. The lowest BCUT2D eigenvalue weighted by Gasteiger charge is -2.16. The topological polar surface area (TPSA) is 65.9 Å². The van der Waals surface area contributed by atoms with Gasteiger partial charge in [-0.1, -0.05) is 47.5 Å². The van der Waals surface area contributed by atoms with Crippen molar-refractivity contribution in [3.05, 3.63) is 69.2 Å². The fourth-order valence-corrected chi connectivity index (χ4v) is 3.04. The maximum atomic E-state index is 10.4. The molecular weight excluding hydrogens is 385 g/mol. The Morgan fingerprint density at radius 3 is 2.30 bits per heavy atom. The Morgan fingerprint density at radius 2 is 1.70 bits per heavy atom. The summed E-state index contributed by atoms with van der Waals surface area (Å²) in [6.07, 6.45) is -0.751. The summed E-state index contributed by atoms with van der Waals surface area (Å²) < 4.78 is 5.12. The first-order valence-corrected chi connectivity index (χ1v) is 9.50. The first kappa shape index (κ1) is 21.5. The molecule has 1 unspecified atom stereocenters. The first-order valence-electron chi connectivity index (χ1n) is 8.74. The van der Waals surface area contributed by atoms with Crippen LogP contribution < -0.4 is 10.6 Å². The molecule has 0 amide bonds. The van der Waals surface area contributed by atoms with Gasteiger partial charge in [-0.15, -0.1) is 0 Å². The highest BCUT2D eigenvalue weighted by Gasteiger charge is 2.10. The van der Waals surface area contributed by atoms with E-state index in [1.807, 2.05) is 31.2 Å². The molecule has 0 radical (unpaired) electrons. The van der Waals surface area contributed by atoms with Gasteiger partial charge in [-0.25, -0.2) is 4.99 Å². The zero-order valence-corrected chi connectivity index (χ0v) is 17.0. The van der Waals surface area contributed by atoms with Gasteiger partial charge < -0.3 is 20.5 Å². The molecule has 1 atom stereocenters. The van der Waals surface area contributed by atoms with Crippen LogP contribution in [0.1, 0.15) is 29.7 Å². The van der Waals surface area contributed by atoms with Crippen molar-refractivity contribution in [3.63, 3.8) is 0 Å². The molecule has 0 saturated carbocycles. The Balaban J connectivity index is 1.96. The molecule has 0 spiro atoms. The van der Waals surface area contributed by atoms with E-state index in [0.29, 0.717) is 34.7 Å². The van der Waals surface area contributed by atoms with Crippen molar-refractivity contribution in [2.75, 3.05) is 20.2 Å². The maximum Gasteiger partial charge on any atom is 0.191 e. The number of aliphatic hydroxyl groups excluding tert-OH is 1. The van der Waals surface area contributed by atoms with Crippen LogP contribution in [0, 0.1) is 0 Å². The van der Waals surface area contributed by atoms with Crippen LogP contribution in [0.5, 0.6) is 0 Å². The minimum Gasteiger partial charge on any atom is -0.387 e. The number of guanidine groups is 1. The number of hydrogen-bond acceptors (Lipinski definition) is 3. The third-order valence-corrected chi connectivity index (χ3v) is 4.27. The molecule has 0 bridgehead atoms. The predicted octanol–water partition coefficient (Wildman–Crippen LogP) is 3.93. The van der Waals surface area contributed by atoms with E-state index < -0.39 is 6.10 Å². The number of hydrogen-bond donors (Lipinski definition) is 3. The van der Waals surface area contributed by atoms with Crippen molar-refractivity contribution < 1.29 is 9.84 Å². The second kappa shape index (κ2) is 11.1. The monoisotopic (exact) mass is 409 g/mol. The lowest BCUT2D eigenvalue weighted by atomic mass is 10.1. The minimum absolute atomic E-state index is 0.287. The molecule has 0 aliphatic carbocycles. The van der Waals surface area contributed by atoms with E-state index in [9.17, 15) is 5.11 Å². The van der Waals surface area contributed by atoms with Gasteiger partial charge >= 0.3 is 0 Å². The average molecular weight is 410 g/mol. The lowest BCUT2D eigenvalue weighted by molar-refractivity contribution is 0.181. The van der Waals surface area contributed by atoms with Gasteiger partial charge in [-0.3, -0.25) is 0 Å². The van der Waals surface area contributed by atoms with Crippen molar-refractivity contribution >= 4 is 29.2 Å². The molecule has 3 N–H and O–H groups in total. The van der Waals surface area contributed by atoms with Gasteiger partial charge in [0.2, 0.25) is 0 Å². The Labute approximate surface area is 170 Å². The molecule has 5 nitrogen and oxygen atoms in total. The average Bonchev–Trinajstić information content (AvgIpc) is 2.64. The molecule has 27 heavy (non-hydrogen) atoms. The molecular formula is C20H25Cl2N3O2. The Kier molecular flexibility index (Phi) is 8.88. The highest BCUT2D eigenvalue weighted by atomic mass is 35.5. The van der Waals surface area contributed by atoms with Crippen LogP contribution in [0.3, 0.4) is 0 Å². The van der Waals surface area contributed by atoms with Crippen molar-refractivity contribution in [2.24, 2.45) is 4.99 Å². The molecule has 7 heteroatoms. The molecule has 0 aliphatic rings. The SMILES string of the molecule is CCNC(=NCc1ccc(COC)cc1)NCC(O)c1cc(Cl)cc(Cl)c1. The molecule has 0 aromatic heterocycles. The molecule has 2 aromatic carbocycles. The van der Waals surface area contributed by atoms with E-state index in [4.69, 9.17) is 27.9 Å². The third-order valence-electron chi connectivity index (χ3n) is 3.83. The Bertz CT molecular complexity index is 731. The first-order chi connectivity index (χ1) is 13.0. The van der Waals surface area contributed by atoms with Gasteiger partial charge in [-0.2, -0.15) is 0 Å². The minimum atomic E-state index is -0.751. The quantitative estimate of drug-likeness (QED) is 0.456. The van der Waals surface area contributed by atoms with Crippen LogP contribution in [0.2, 0.25) is 10.0 Å². The highest BCUT2D eigenvalue weighted by molar-refractivity contribution is 6.34. The number of nitrogens with zero attached hydrogens (tertiary/aromatic N) is 1. The Morgan fingerprint density at radius 1 is 1.07 bits per heavy atom. The number of halogens is 2. The van der Waals surface area contributed by atoms with E-state index in [0.717, 1.165) is 17.7 Å². The summed E-state index contributed by atoms with van der Waals surface area (Å²) >= 11 is 12.0. The highest BCUT2D eigenvalue weighted by Crippen LogP contribution is 2.23. The molecule has 0 fully saturated rings. The van der Waals surface area contributed by atoms with E-state index >= 15 is 0 Å².